The number of rotatable bonds is 6. The third-order valence-electron chi connectivity index (χ3n) is 4.91. The Hall–Kier alpha value is -3.54. The summed E-state index contributed by atoms with van der Waals surface area (Å²) in [6, 6.07) is 21.2. The molecule has 2 nitrogen and oxygen atoms in total. The third kappa shape index (κ3) is 4.33. The molecule has 158 valence electrons. The first-order valence-electron chi connectivity index (χ1n) is 9.66. The van der Waals surface area contributed by atoms with Crippen molar-refractivity contribution in [3.05, 3.63) is 84.4 Å². The molecule has 0 aromatic heterocycles. The van der Waals surface area contributed by atoms with Crippen LogP contribution < -0.4 is 9.47 Å². The monoisotopic (exact) mass is 426 g/mol. The molecule has 0 aliphatic carbocycles. The normalized spacial score (nSPS) is 11.2. The van der Waals surface area contributed by atoms with Crippen molar-refractivity contribution in [3.8, 4) is 33.8 Å². The lowest BCUT2D eigenvalue weighted by molar-refractivity contribution is -0.0544. The highest BCUT2D eigenvalue weighted by molar-refractivity contribution is 5.89. The lowest BCUT2D eigenvalue weighted by Gasteiger charge is -2.11. The summed E-state index contributed by atoms with van der Waals surface area (Å²) in [6.07, 6.45) is 0. The standard InChI is InChI=1S/C25H18F4O2/c1-2-30-20-10-7-16(8-11-20)15-3-5-17(6-4-15)18-9-12-21-19(13-18)14-22(26)24(23(21)27)31-25(28)29/h3-14,25H,2H2,1H3. The maximum Gasteiger partial charge on any atom is 0.387 e. The van der Waals surface area contributed by atoms with Crippen LogP contribution in [0.3, 0.4) is 0 Å². The predicted molar refractivity (Wildman–Crippen MR) is 113 cm³/mol. The molecule has 0 saturated carbocycles. The van der Waals surface area contributed by atoms with E-state index in [1.54, 1.807) is 12.1 Å². The van der Waals surface area contributed by atoms with Gasteiger partial charge in [0, 0.05) is 5.39 Å². The lowest BCUT2D eigenvalue weighted by Crippen LogP contribution is -2.06. The second-order valence-electron chi connectivity index (χ2n) is 6.85. The molecule has 0 unspecified atom stereocenters. The van der Waals surface area contributed by atoms with Crippen LogP contribution in [0.25, 0.3) is 33.0 Å². The van der Waals surface area contributed by atoms with E-state index in [9.17, 15) is 17.6 Å². The van der Waals surface area contributed by atoms with Crippen LogP contribution in [0.15, 0.2) is 72.8 Å². The van der Waals surface area contributed by atoms with Gasteiger partial charge in [0.25, 0.3) is 0 Å². The molecule has 0 aliphatic rings. The molecule has 0 N–H and O–H groups in total. The molecule has 0 aliphatic heterocycles. The SMILES string of the molecule is CCOc1ccc(-c2ccc(-c3ccc4c(F)c(OC(F)F)c(F)cc4c3)cc2)cc1. The van der Waals surface area contributed by atoms with Crippen molar-refractivity contribution in [1.29, 1.82) is 0 Å². The zero-order valence-corrected chi connectivity index (χ0v) is 16.5. The Morgan fingerprint density at radius 2 is 1.29 bits per heavy atom. The van der Waals surface area contributed by atoms with Crippen LogP contribution in [-0.2, 0) is 0 Å². The van der Waals surface area contributed by atoms with Crippen LogP contribution in [0.4, 0.5) is 17.6 Å². The molecular formula is C25H18F4O2. The summed E-state index contributed by atoms with van der Waals surface area (Å²) in [5.41, 5.74) is 3.64. The zero-order chi connectivity index (χ0) is 22.0. The van der Waals surface area contributed by atoms with Gasteiger partial charge >= 0.3 is 6.61 Å². The van der Waals surface area contributed by atoms with Gasteiger partial charge in [0.15, 0.2) is 17.4 Å². The average molecular weight is 426 g/mol. The highest BCUT2D eigenvalue weighted by atomic mass is 19.3. The van der Waals surface area contributed by atoms with Gasteiger partial charge in [-0.2, -0.15) is 8.78 Å². The number of benzene rings is 4. The minimum Gasteiger partial charge on any atom is -0.494 e. The molecule has 0 atom stereocenters. The second-order valence-corrected chi connectivity index (χ2v) is 6.85. The van der Waals surface area contributed by atoms with E-state index < -0.39 is 24.0 Å². The minimum atomic E-state index is -3.31. The van der Waals surface area contributed by atoms with Gasteiger partial charge in [0.05, 0.1) is 6.61 Å². The van der Waals surface area contributed by atoms with Gasteiger partial charge in [-0.15, -0.1) is 0 Å². The zero-order valence-electron chi connectivity index (χ0n) is 16.5. The summed E-state index contributed by atoms with van der Waals surface area (Å²) in [6.45, 7) is -0.776. The van der Waals surface area contributed by atoms with Gasteiger partial charge in [0.2, 0.25) is 0 Å². The van der Waals surface area contributed by atoms with Crippen molar-refractivity contribution >= 4 is 10.8 Å². The van der Waals surface area contributed by atoms with E-state index in [0.29, 0.717) is 6.61 Å². The molecule has 0 bridgehead atoms. The van der Waals surface area contributed by atoms with E-state index in [2.05, 4.69) is 4.74 Å². The van der Waals surface area contributed by atoms with Gasteiger partial charge in [-0.05, 0) is 58.8 Å². The molecule has 0 radical (unpaired) electrons. The van der Waals surface area contributed by atoms with Gasteiger partial charge in [-0.3, -0.25) is 0 Å². The summed E-state index contributed by atoms with van der Waals surface area (Å²) < 4.78 is 62.8. The smallest absolute Gasteiger partial charge is 0.387 e. The van der Waals surface area contributed by atoms with Crippen molar-refractivity contribution in [1.82, 2.24) is 0 Å². The first kappa shape index (κ1) is 20.7. The molecule has 0 saturated heterocycles. The Labute approximate surface area is 176 Å². The highest BCUT2D eigenvalue weighted by Crippen LogP contribution is 2.34. The van der Waals surface area contributed by atoms with Crippen molar-refractivity contribution < 1.29 is 27.0 Å². The number of alkyl halides is 2. The lowest BCUT2D eigenvalue weighted by atomic mass is 9.98. The molecule has 0 heterocycles. The Balaban J connectivity index is 1.64. The Morgan fingerprint density at radius 3 is 1.87 bits per heavy atom. The van der Waals surface area contributed by atoms with E-state index in [4.69, 9.17) is 4.74 Å². The summed E-state index contributed by atoms with van der Waals surface area (Å²) in [4.78, 5) is 0. The predicted octanol–water partition coefficient (Wildman–Crippen LogP) is 7.45. The Morgan fingerprint density at radius 1 is 0.742 bits per heavy atom. The number of hydrogen-bond acceptors (Lipinski definition) is 2. The average Bonchev–Trinajstić information content (AvgIpc) is 2.77. The maximum absolute atomic E-state index is 14.4. The van der Waals surface area contributed by atoms with Crippen LogP contribution in [-0.4, -0.2) is 13.2 Å². The topological polar surface area (TPSA) is 18.5 Å². The van der Waals surface area contributed by atoms with Crippen LogP contribution in [0.1, 0.15) is 6.92 Å². The summed E-state index contributed by atoms with van der Waals surface area (Å²) in [7, 11) is 0. The summed E-state index contributed by atoms with van der Waals surface area (Å²) in [5, 5.41) is 0.261. The molecule has 4 aromatic carbocycles. The van der Waals surface area contributed by atoms with E-state index in [-0.39, 0.29) is 10.8 Å². The molecule has 6 heteroatoms. The molecule has 4 rings (SSSR count). The first-order valence-corrected chi connectivity index (χ1v) is 9.66. The third-order valence-corrected chi connectivity index (χ3v) is 4.91. The van der Waals surface area contributed by atoms with Crippen molar-refractivity contribution in [3.63, 3.8) is 0 Å². The van der Waals surface area contributed by atoms with Crippen LogP contribution in [0.2, 0.25) is 0 Å². The fourth-order valence-electron chi connectivity index (χ4n) is 3.45. The van der Waals surface area contributed by atoms with Crippen LogP contribution >= 0.6 is 0 Å². The molecule has 4 aromatic rings. The number of fused-ring (bicyclic) bond motifs is 1. The summed E-state index contributed by atoms with van der Waals surface area (Å²) >= 11 is 0. The van der Waals surface area contributed by atoms with Crippen molar-refractivity contribution in [2.45, 2.75) is 13.5 Å². The Bertz CT molecular complexity index is 1200. The first-order chi connectivity index (χ1) is 15.0. The molecule has 0 fully saturated rings. The van der Waals surface area contributed by atoms with Crippen molar-refractivity contribution in [2.75, 3.05) is 6.61 Å². The van der Waals surface area contributed by atoms with E-state index in [1.165, 1.54) is 6.07 Å². The fourth-order valence-corrected chi connectivity index (χ4v) is 3.45. The van der Waals surface area contributed by atoms with Gasteiger partial charge in [-0.25, -0.2) is 8.78 Å². The minimum absolute atomic E-state index is 0.00630. The number of ether oxygens (including phenoxy) is 2. The molecular weight excluding hydrogens is 408 g/mol. The molecule has 0 amide bonds. The second kappa shape index (κ2) is 8.68. The quantitative estimate of drug-likeness (QED) is 0.298. The van der Waals surface area contributed by atoms with Gasteiger partial charge in [0.1, 0.15) is 5.75 Å². The van der Waals surface area contributed by atoms with Gasteiger partial charge < -0.3 is 9.47 Å². The van der Waals surface area contributed by atoms with E-state index in [1.807, 2.05) is 55.5 Å². The van der Waals surface area contributed by atoms with Crippen LogP contribution in [0.5, 0.6) is 11.5 Å². The number of halogens is 4. The summed E-state index contributed by atoms with van der Waals surface area (Å²) in [5.74, 6) is -2.59. The fraction of sp³-hybridized carbons (Fsp3) is 0.120. The molecule has 0 spiro atoms. The maximum atomic E-state index is 14.4. The van der Waals surface area contributed by atoms with Gasteiger partial charge in [-0.1, -0.05) is 48.5 Å². The Kier molecular flexibility index (Phi) is 5.80. The van der Waals surface area contributed by atoms with E-state index >= 15 is 0 Å². The molecule has 31 heavy (non-hydrogen) atoms. The number of hydrogen-bond donors (Lipinski definition) is 0. The van der Waals surface area contributed by atoms with Crippen LogP contribution in [0, 0.1) is 11.6 Å². The van der Waals surface area contributed by atoms with Crippen molar-refractivity contribution in [2.24, 2.45) is 0 Å². The van der Waals surface area contributed by atoms with E-state index in [0.717, 1.165) is 34.1 Å². The highest BCUT2D eigenvalue weighted by Gasteiger charge is 2.19. The largest absolute Gasteiger partial charge is 0.494 e.